The summed E-state index contributed by atoms with van der Waals surface area (Å²) in [5.41, 5.74) is 1.84. The molecule has 5 nitrogen and oxygen atoms in total. The standard InChI is InChI=1S/C18H19NO4S/c1-13-10-14-4-2-3-5-16(14)19(12-13)24(20,21)15-6-7-17-18(11-15)23-9-8-22-17/h2-7,11,13H,8-10,12H2,1H3. The molecule has 0 radical (unpaired) electrons. The number of rotatable bonds is 2. The largest absolute Gasteiger partial charge is 0.486 e. The summed E-state index contributed by atoms with van der Waals surface area (Å²) in [6.07, 6.45) is 0.892. The minimum atomic E-state index is -3.64. The first-order chi connectivity index (χ1) is 11.6. The molecule has 0 aliphatic carbocycles. The Morgan fingerprint density at radius 3 is 2.62 bits per heavy atom. The summed E-state index contributed by atoms with van der Waals surface area (Å²) in [6.45, 7) is 3.46. The van der Waals surface area contributed by atoms with Gasteiger partial charge in [0.25, 0.3) is 10.0 Å². The molecule has 24 heavy (non-hydrogen) atoms. The summed E-state index contributed by atoms with van der Waals surface area (Å²) in [5.74, 6) is 1.35. The second-order valence-corrected chi connectivity index (χ2v) is 8.14. The Bertz CT molecular complexity index is 878. The zero-order valence-electron chi connectivity index (χ0n) is 13.4. The Morgan fingerprint density at radius 2 is 1.79 bits per heavy atom. The number of nitrogens with zero attached hydrogens (tertiary/aromatic N) is 1. The average molecular weight is 345 g/mol. The molecule has 0 bridgehead atoms. The van der Waals surface area contributed by atoms with E-state index in [2.05, 4.69) is 6.92 Å². The van der Waals surface area contributed by atoms with Gasteiger partial charge in [0.05, 0.1) is 10.6 Å². The van der Waals surface area contributed by atoms with E-state index in [0.29, 0.717) is 31.3 Å². The van der Waals surface area contributed by atoms with Gasteiger partial charge in [-0.05, 0) is 36.1 Å². The molecule has 4 rings (SSSR count). The van der Waals surface area contributed by atoms with Crippen LogP contribution in [0.4, 0.5) is 5.69 Å². The predicted octanol–water partition coefficient (Wildman–Crippen LogP) is 2.85. The van der Waals surface area contributed by atoms with E-state index in [0.717, 1.165) is 17.7 Å². The third-order valence-electron chi connectivity index (χ3n) is 4.41. The van der Waals surface area contributed by atoms with E-state index in [1.54, 1.807) is 18.2 Å². The Morgan fingerprint density at radius 1 is 1.04 bits per heavy atom. The van der Waals surface area contributed by atoms with Crippen LogP contribution in [0.1, 0.15) is 12.5 Å². The number of fused-ring (bicyclic) bond motifs is 2. The van der Waals surface area contributed by atoms with Crippen molar-refractivity contribution in [1.29, 1.82) is 0 Å². The second-order valence-electron chi connectivity index (χ2n) is 6.28. The molecule has 0 saturated heterocycles. The monoisotopic (exact) mass is 345 g/mol. The van der Waals surface area contributed by atoms with Crippen LogP contribution in [0, 0.1) is 5.92 Å². The Kier molecular flexibility index (Phi) is 3.64. The Labute approximate surface area is 141 Å². The van der Waals surface area contributed by atoms with E-state index in [4.69, 9.17) is 9.47 Å². The quantitative estimate of drug-likeness (QED) is 0.840. The van der Waals surface area contributed by atoms with Crippen LogP contribution >= 0.6 is 0 Å². The van der Waals surface area contributed by atoms with Gasteiger partial charge in [-0.1, -0.05) is 25.1 Å². The molecule has 0 spiro atoms. The third kappa shape index (κ3) is 2.51. The first-order valence-corrected chi connectivity index (χ1v) is 9.50. The van der Waals surface area contributed by atoms with Gasteiger partial charge in [-0.3, -0.25) is 4.31 Å². The normalized spacial score (nSPS) is 19.7. The van der Waals surface area contributed by atoms with Crippen molar-refractivity contribution >= 4 is 15.7 Å². The van der Waals surface area contributed by atoms with Crippen LogP contribution < -0.4 is 13.8 Å². The lowest BCUT2D eigenvalue weighted by molar-refractivity contribution is 0.171. The molecule has 2 aliphatic heterocycles. The Hall–Kier alpha value is -2.21. The first-order valence-electron chi connectivity index (χ1n) is 8.06. The Balaban J connectivity index is 1.78. The van der Waals surface area contributed by atoms with Crippen LogP contribution in [0.2, 0.25) is 0 Å². The molecule has 0 N–H and O–H groups in total. The fourth-order valence-corrected chi connectivity index (χ4v) is 4.93. The smallest absolute Gasteiger partial charge is 0.264 e. The van der Waals surface area contributed by atoms with Gasteiger partial charge < -0.3 is 9.47 Å². The number of benzene rings is 2. The van der Waals surface area contributed by atoms with Crippen molar-refractivity contribution in [3.63, 3.8) is 0 Å². The van der Waals surface area contributed by atoms with Crippen LogP contribution in [0.15, 0.2) is 47.4 Å². The van der Waals surface area contributed by atoms with Crippen molar-refractivity contribution in [3.8, 4) is 11.5 Å². The van der Waals surface area contributed by atoms with E-state index in [-0.39, 0.29) is 10.8 Å². The number of sulfonamides is 1. The van der Waals surface area contributed by atoms with Crippen molar-refractivity contribution < 1.29 is 17.9 Å². The van der Waals surface area contributed by atoms with E-state index >= 15 is 0 Å². The van der Waals surface area contributed by atoms with Gasteiger partial charge in [0.2, 0.25) is 0 Å². The molecule has 1 atom stereocenters. The summed E-state index contributed by atoms with van der Waals surface area (Å²) in [7, 11) is -3.64. The number of para-hydroxylation sites is 1. The van der Waals surface area contributed by atoms with E-state index < -0.39 is 10.0 Å². The van der Waals surface area contributed by atoms with E-state index in [1.165, 1.54) is 4.31 Å². The zero-order chi connectivity index (χ0) is 16.7. The van der Waals surface area contributed by atoms with Gasteiger partial charge in [-0.2, -0.15) is 0 Å². The number of hydrogen-bond donors (Lipinski definition) is 0. The van der Waals surface area contributed by atoms with Crippen molar-refractivity contribution in [2.75, 3.05) is 24.1 Å². The molecular formula is C18H19NO4S. The lowest BCUT2D eigenvalue weighted by atomic mass is 9.96. The number of anilines is 1. The van der Waals surface area contributed by atoms with Gasteiger partial charge in [0, 0.05) is 12.6 Å². The molecule has 0 fully saturated rings. The average Bonchev–Trinajstić information content (AvgIpc) is 2.60. The highest BCUT2D eigenvalue weighted by Crippen LogP contribution is 2.37. The maximum atomic E-state index is 13.2. The number of ether oxygens (including phenoxy) is 2. The fraction of sp³-hybridized carbons (Fsp3) is 0.333. The molecule has 0 saturated carbocycles. The summed E-state index contributed by atoms with van der Waals surface area (Å²) >= 11 is 0. The van der Waals surface area contributed by atoms with Crippen molar-refractivity contribution in [2.24, 2.45) is 5.92 Å². The summed E-state index contributed by atoms with van der Waals surface area (Å²) in [6, 6.07) is 12.5. The fourth-order valence-electron chi connectivity index (χ4n) is 3.29. The van der Waals surface area contributed by atoms with Crippen LogP contribution in [-0.2, 0) is 16.4 Å². The van der Waals surface area contributed by atoms with Gasteiger partial charge in [0.1, 0.15) is 13.2 Å². The summed E-state index contributed by atoms with van der Waals surface area (Å²) in [4.78, 5) is 0.232. The van der Waals surface area contributed by atoms with Gasteiger partial charge >= 0.3 is 0 Å². The maximum Gasteiger partial charge on any atom is 0.264 e. The van der Waals surface area contributed by atoms with Crippen molar-refractivity contribution in [1.82, 2.24) is 0 Å². The molecular weight excluding hydrogens is 326 g/mol. The molecule has 126 valence electrons. The van der Waals surface area contributed by atoms with Crippen LogP contribution in [0.25, 0.3) is 0 Å². The third-order valence-corrected chi connectivity index (χ3v) is 6.18. The highest BCUT2D eigenvalue weighted by molar-refractivity contribution is 7.92. The van der Waals surface area contributed by atoms with Crippen LogP contribution in [0.5, 0.6) is 11.5 Å². The van der Waals surface area contributed by atoms with Crippen molar-refractivity contribution in [3.05, 3.63) is 48.0 Å². The molecule has 2 aromatic rings. The molecule has 2 aliphatic rings. The molecule has 6 heteroatoms. The van der Waals surface area contributed by atoms with Crippen molar-refractivity contribution in [2.45, 2.75) is 18.2 Å². The summed E-state index contributed by atoms with van der Waals surface area (Å²) in [5, 5.41) is 0. The zero-order valence-corrected chi connectivity index (χ0v) is 14.3. The lowest BCUT2D eigenvalue weighted by Gasteiger charge is -2.34. The minimum Gasteiger partial charge on any atom is -0.486 e. The maximum absolute atomic E-state index is 13.2. The highest BCUT2D eigenvalue weighted by atomic mass is 32.2. The van der Waals surface area contributed by atoms with Gasteiger partial charge in [0.15, 0.2) is 11.5 Å². The van der Waals surface area contributed by atoms with Crippen LogP contribution in [-0.4, -0.2) is 28.2 Å². The SMILES string of the molecule is CC1Cc2ccccc2N(S(=O)(=O)c2ccc3c(c2)OCCO3)C1. The topological polar surface area (TPSA) is 55.8 Å². The molecule has 2 aromatic carbocycles. The molecule has 0 amide bonds. The van der Waals surface area contributed by atoms with Gasteiger partial charge in [-0.25, -0.2) is 8.42 Å². The van der Waals surface area contributed by atoms with E-state index in [9.17, 15) is 8.42 Å². The highest BCUT2D eigenvalue weighted by Gasteiger charge is 2.32. The first kappa shape index (κ1) is 15.3. The van der Waals surface area contributed by atoms with E-state index in [1.807, 2.05) is 24.3 Å². The minimum absolute atomic E-state index is 0.232. The summed E-state index contributed by atoms with van der Waals surface area (Å²) < 4.78 is 38.9. The second kappa shape index (κ2) is 5.70. The molecule has 1 unspecified atom stereocenters. The molecule has 2 heterocycles. The van der Waals surface area contributed by atoms with Gasteiger partial charge in [-0.15, -0.1) is 0 Å². The number of hydrogen-bond acceptors (Lipinski definition) is 4. The predicted molar refractivity (Wildman–Crippen MR) is 91.3 cm³/mol. The molecule has 0 aromatic heterocycles. The lowest BCUT2D eigenvalue weighted by Crippen LogP contribution is -2.39. The van der Waals surface area contributed by atoms with Crippen LogP contribution in [0.3, 0.4) is 0 Å².